The minimum atomic E-state index is 0.0570. The summed E-state index contributed by atoms with van der Waals surface area (Å²) in [5, 5.41) is 9.76. The van der Waals surface area contributed by atoms with E-state index in [1.165, 1.54) is 11.3 Å². The number of hydrogen-bond donors (Lipinski definition) is 0. The van der Waals surface area contributed by atoms with Gasteiger partial charge >= 0.3 is 0 Å². The van der Waals surface area contributed by atoms with Crippen LogP contribution in [0.5, 0.6) is 17.2 Å². The van der Waals surface area contributed by atoms with E-state index in [4.69, 9.17) is 14.2 Å². The number of carbonyl (C=O) groups excluding carboxylic acids is 1. The zero-order valence-electron chi connectivity index (χ0n) is 19.4. The van der Waals surface area contributed by atoms with Crippen molar-refractivity contribution in [2.45, 2.75) is 13.8 Å². The molecule has 1 aliphatic heterocycles. The summed E-state index contributed by atoms with van der Waals surface area (Å²) in [4.78, 5) is 22.0. The van der Waals surface area contributed by atoms with Gasteiger partial charge in [0.25, 0.3) is 5.91 Å². The Kier molecular flexibility index (Phi) is 6.64. The monoisotopic (exact) mass is 469 g/mol. The summed E-state index contributed by atoms with van der Waals surface area (Å²) >= 11 is 1.46. The molecule has 3 heterocycles. The van der Waals surface area contributed by atoms with Gasteiger partial charge in [-0.05, 0) is 38.1 Å². The maximum absolute atomic E-state index is 12.8. The van der Waals surface area contributed by atoms with Gasteiger partial charge in [-0.3, -0.25) is 4.79 Å². The number of amides is 1. The molecule has 33 heavy (non-hydrogen) atoms. The van der Waals surface area contributed by atoms with Crippen LogP contribution in [0.3, 0.4) is 0 Å². The minimum Gasteiger partial charge on any atom is -0.493 e. The van der Waals surface area contributed by atoms with E-state index in [9.17, 15) is 4.79 Å². The average Bonchev–Trinajstić information content (AvgIpc) is 3.20. The number of methoxy groups -OCH3 is 3. The number of benzene rings is 1. The Morgan fingerprint density at radius 2 is 1.61 bits per heavy atom. The van der Waals surface area contributed by atoms with Crippen molar-refractivity contribution in [3.63, 3.8) is 0 Å². The van der Waals surface area contributed by atoms with Gasteiger partial charge in [-0.1, -0.05) is 0 Å². The largest absolute Gasteiger partial charge is 0.493 e. The van der Waals surface area contributed by atoms with E-state index in [0.717, 1.165) is 27.0 Å². The lowest BCUT2D eigenvalue weighted by Gasteiger charge is -2.35. The molecule has 174 valence electrons. The Morgan fingerprint density at radius 3 is 2.09 bits per heavy atom. The molecule has 4 rings (SSSR count). The predicted octanol–water partition coefficient (Wildman–Crippen LogP) is 3.21. The normalized spacial score (nSPS) is 13.7. The van der Waals surface area contributed by atoms with Gasteiger partial charge in [0.1, 0.15) is 4.88 Å². The molecule has 0 atom stereocenters. The molecule has 0 aliphatic carbocycles. The number of ether oxygens (including phenoxy) is 3. The van der Waals surface area contributed by atoms with Crippen LogP contribution < -0.4 is 19.1 Å². The molecule has 2 aromatic heterocycles. The number of thiazole rings is 1. The first-order valence-electron chi connectivity index (χ1n) is 10.6. The second-order valence-electron chi connectivity index (χ2n) is 7.62. The lowest BCUT2D eigenvalue weighted by molar-refractivity contribution is 0.0750. The Bertz CT molecular complexity index is 1120. The fraction of sp³-hybridized carbons (Fsp3) is 0.391. The summed E-state index contributed by atoms with van der Waals surface area (Å²) in [7, 11) is 4.73. The second-order valence-corrected chi connectivity index (χ2v) is 8.82. The molecule has 10 heteroatoms. The third-order valence-electron chi connectivity index (χ3n) is 5.60. The molecule has 9 nitrogen and oxygen atoms in total. The SMILES string of the molecule is COc1cc(-c2ccc(N3CCN(C(=O)c4sc(C)nc4C)CC3)nn2)cc(OC)c1OC. The fourth-order valence-corrected chi connectivity index (χ4v) is 4.78. The van der Waals surface area contributed by atoms with Crippen LogP contribution >= 0.6 is 11.3 Å². The van der Waals surface area contributed by atoms with Gasteiger partial charge in [0.15, 0.2) is 17.3 Å². The Labute approximate surface area is 196 Å². The maximum atomic E-state index is 12.8. The van der Waals surface area contributed by atoms with E-state index in [-0.39, 0.29) is 5.91 Å². The number of aryl methyl sites for hydroxylation is 2. The van der Waals surface area contributed by atoms with Crippen LogP contribution in [-0.2, 0) is 0 Å². The third kappa shape index (κ3) is 4.56. The molecule has 3 aromatic rings. The van der Waals surface area contributed by atoms with Gasteiger partial charge in [0, 0.05) is 31.7 Å². The first-order valence-corrected chi connectivity index (χ1v) is 11.4. The molecular formula is C23H27N5O4S. The van der Waals surface area contributed by atoms with Gasteiger partial charge in [0.2, 0.25) is 5.75 Å². The highest BCUT2D eigenvalue weighted by molar-refractivity contribution is 7.13. The van der Waals surface area contributed by atoms with Crippen LogP contribution in [0.25, 0.3) is 11.3 Å². The third-order valence-corrected chi connectivity index (χ3v) is 6.66. The summed E-state index contributed by atoms with van der Waals surface area (Å²) in [5.74, 6) is 2.49. The summed E-state index contributed by atoms with van der Waals surface area (Å²) < 4.78 is 16.3. The first-order chi connectivity index (χ1) is 15.9. The topological polar surface area (TPSA) is 89.9 Å². The average molecular weight is 470 g/mol. The maximum Gasteiger partial charge on any atom is 0.265 e. The van der Waals surface area contributed by atoms with E-state index in [0.29, 0.717) is 49.1 Å². The number of rotatable bonds is 6. The molecule has 0 unspecified atom stereocenters. The molecule has 1 saturated heterocycles. The predicted molar refractivity (Wildman–Crippen MR) is 127 cm³/mol. The summed E-state index contributed by atoms with van der Waals surface area (Å²) in [5.41, 5.74) is 2.32. The molecule has 0 N–H and O–H groups in total. The number of nitrogens with zero attached hydrogens (tertiary/aromatic N) is 5. The van der Waals surface area contributed by atoms with Crippen LogP contribution in [0.1, 0.15) is 20.4 Å². The van der Waals surface area contributed by atoms with Gasteiger partial charge in [-0.2, -0.15) is 0 Å². The molecular weight excluding hydrogens is 442 g/mol. The number of piperazine rings is 1. The van der Waals surface area contributed by atoms with E-state index in [2.05, 4.69) is 20.1 Å². The van der Waals surface area contributed by atoms with Crippen molar-refractivity contribution in [2.24, 2.45) is 0 Å². The number of aromatic nitrogens is 3. The van der Waals surface area contributed by atoms with Crippen molar-refractivity contribution in [1.29, 1.82) is 0 Å². The standard InChI is InChI=1S/C23H27N5O4S/c1-14-22(33-15(2)24-14)23(29)28-10-8-27(9-11-28)20-7-6-17(25-26-20)16-12-18(30-3)21(32-5)19(13-16)31-4/h6-7,12-13H,8-11H2,1-5H3. The molecule has 0 saturated carbocycles. The van der Waals surface area contributed by atoms with E-state index >= 15 is 0 Å². The van der Waals surface area contributed by atoms with Crippen molar-refractivity contribution in [1.82, 2.24) is 20.1 Å². The highest BCUT2D eigenvalue weighted by Crippen LogP contribution is 2.40. The Morgan fingerprint density at radius 1 is 0.939 bits per heavy atom. The van der Waals surface area contributed by atoms with Crippen LogP contribution in [0.15, 0.2) is 24.3 Å². The molecule has 1 amide bonds. The zero-order valence-corrected chi connectivity index (χ0v) is 20.2. The van der Waals surface area contributed by atoms with Crippen molar-refractivity contribution < 1.29 is 19.0 Å². The lowest BCUT2D eigenvalue weighted by Crippen LogP contribution is -2.49. The van der Waals surface area contributed by atoms with Crippen molar-refractivity contribution in [3.05, 3.63) is 39.8 Å². The van der Waals surface area contributed by atoms with Crippen molar-refractivity contribution >= 4 is 23.1 Å². The zero-order chi connectivity index (χ0) is 23.5. The van der Waals surface area contributed by atoms with Crippen LogP contribution in [0.4, 0.5) is 5.82 Å². The second kappa shape index (κ2) is 9.62. The van der Waals surface area contributed by atoms with Crippen LogP contribution in [-0.4, -0.2) is 73.5 Å². The van der Waals surface area contributed by atoms with Crippen LogP contribution in [0.2, 0.25) is 0 Å². The van der Waals surface area contributed by atoms with Gasteiger partial charge < -0.3 is 24.0 Å². The van der Waals surface area contributed by atoms with Crippen LogP contribution in [0, 0.1) is 13.8 Å². The summed E-state index contributed by atoms with van der Waals surface area (Å²) in [6.45, 7) is 6.46. The van der Waals surface area contributed by atoms with Gasteiger partial charge in [-0.15, -0.1) is 21.5 Å². The van der Waals surface area contributed by atoms with E-state index in [1.807, 2.05) is 43.0 Å². The molecule has 1 fully saturated rings. The minimum absolute atomic E-state index is 0.0570. The van der Waals surface area contributed by atoms with E-state index < -0.39 is 0 Å². The lowest BCUT2D eigenvalue weighted by atomic mass is 10.1. The summed E-state index contributed by atoms with van der Waals surface area (Å²) in [6.07, 6.45) is 0. The number of carbonyl (C=O) groups is 1. The molecule has 1 aromatic carbocycles. The fourth-order valence-electron chi connectivity index (χ4n) is 3.89. The molecule has 1 aliphatic rings. The van der Waals surface area contributed by atoms with Crippen molar-refractivity contribution in [3.8, 4) is 28.5 Å². The highest BCUT2D eigenvalue weighted by atomic mass is 32.1. The highest BCUT2D eigenvalue weighted by Gasteiger charge is 2.26. The van der Waals surface area contributed by atoms with Crippen molar-refractivity contribution in [2.75, 3.05) is 52.4 Å². The van der Waals surface area contributed by atoms with Gasteiger partial charge in [-0.25, -0.2) is 4.98 Å². The molecule has 0 spiro atoms. The Balaban J connectivity index is 1.45. The Hall–Kier alpha value is -3.40. The quantitative estimate of drug-likeness (QED) is 0.544. The number of hydrogen-bond acceptors (Lipinski definition) is 9. The van der Waals surface area contributed by atoms with E-state index in [1.54, 1.807) is 21.3 Å². The summed E-state index contributed by atoms with van der Waals surface area (Å²) in [6, 6.07) is 7.56. The number of anilines is 1. The molecule has 0 bridgehead atoms. The first kappa shape index (κ1) is 22.8. The molecule has 0 radical (unpaired) electrons. The van der Waals surface area contributed by atoms with Gasteiger partial charge in [0.05, 0.1) is 37.7 Å². The smallest absolute Gasteiger partial charge is 0.265 e.